The highest BCUT2D eigenvalue weighted by Crippen LogP contribution is 2.35. The van der Waals surface area contributed by atoms with Crippen molar-refractivity contribution in [1.82, 2.24) is 0 Å². The first kappa shape index (κ1) is 16.4. The van der Waals surface area contributed by atoms with Gasteiger partial charge in [0.1, 0.15) is 29.4 Å². The third-order valence-corrected chi connectivity index (χ3v) is 3.68. The van der Waals surface area contributed by atoms with Crippen LogP contribution < -0.4 is 14.2 Å². The minimum Gasteiger partial charge on any atom is -0.496 e. The third kappa shape index (κ3) is 3.80. The maximum atomic E-state index is 11.9. The summed E-state index contributed by atoms with van der Waals surface area (Å²) < 4.78 is 17.3. The van der Waals surface area contributed by atoms with Gasteiger partial charge in [0.05, 0.1) is 14.2 Å². The Morgan fingerprint density at radius 1 is 1.05 bits per heavy atom. The van der Waals surface area contributed by atoms with Crippen LogP contribution in [0.1, 0.15) is 22.8 Å². The fourth-order valence-electron chi connectivity index (χ4n) is 2.05. The van der Waals surface area contributed by atoms with Crippen LogP contribution in [0.5, 0.6) is 17.2 Å². The molecule has 5 heteroatoms. The molecule has 0 bridgehead atoms. The Kier molecular flexibility index (Phi) is 5.44. The standard InChI is InChI=1S/C17H17BrO4/c1-11(19)17-15(21-3)8-14(20-2)9-16(17)22-10-12-4-6-13(18)7-5-12/h4-9H,10H2,1-3H3. The second-order valence-electron chi connectivity index (χ2n) is 4.67. The predicted molar refractivity (Wildman–Crippen MR) is 88.0 cm³/mol. The van der Waals surface area contributed by atoms with E-state index in [1.165, 1.54) is 14.0 Å². The van der Waals surface area contributed by atoms with Crippen LogP contribution >= 0.6 is 15.9 Å². The van der Waals surface area contributed by atoms with Crippen LogP contribution in [0.15, 0.2) is 40.9 Å². The number of methoxy groups -OCH3 is 2. The summed E-state index contributed by atoms with van der Waals surface area (Å²) in [7, 11) is 3.07. The minimum absolute atomic E-state index is 0.120. The molecule has 2 rings (SSSR count). The van der Waals surface area contributed by atoms with Gasteiger partial charge in [-0.25, -0.2) is 0 Å². The van der Waals surface area contributed by atoms with Crippen molar-refractivity contribution in [2.75, 3.05) is 14.2 Å². The van der Waals surface area contributed by atoms with E-state index in [4.69, 9.17) is 14.2 Å². The van der Waals surface area contributed by atoms with Crippen molar-refractivity contribution < 1.29 is 19.0 Å². The quantitative estimate of drug-likeness (QED) is 0.718. The Balaban J connectivity index is 2.31. The Labute approximate surface area is 138 Å². The number of carbonyl (C=O) groups excluding carboxylic acids is 1. The van der Waals surface area contributed by atoms with Gasteiger partial charge in [0.2, 0.25) is 0 Å². The Morgan fingerprint density at radius 3 is 2.23 bits per heavy atom. The van der Waals surface area contributed by atoms with Gasteiger partial charge in [0, 0.05) is 16.6 Å². The summed E-state index contributed by atoms with van der Waals surface area (Å²) in [6.45, 7) is 1.83. The van der Waals surface area contributed by atoms with Crippen LogP contribution in [0.2, 0.25) is 0 Å². The summed E-state index contributed by atoms with van der Waals surface area (Å²) in [6, 6.07) is 11.2. The van der Waals surface area contributed by atoms with Gasteiger partial charge >= 0.3 is 0 Å². The monoisotopic (exact) mass is 364 g/mol. The molecule has 0 unspecified atom stereocenters. The number of ether oxygens (including phenoxy) is 3. The fourth-order valence-corrected chi connectivity index (χ4v) is 2.31. The van der Waals surface area contributed by atoms with E-state index in [9.17, 15) is 4.79 Å². The topological polar surface area (TPSA) is 44.8 Å². The van der Waals surface area contributed by atoms with E-state index in [0.29, 0.717) is 29.4 Å². The lowest BCUT2D eigenvalue weighted by Gasteiger charge is -2.15. The molecule has 0 amide bonds. The van der Waals surface area contributed by atoms with Crippen molar-refractivity contribution in [3.63, 3.8) is 0 Å². The lowest BCUT2D eigenvalue weighted by atomic mass is 10.1. The average Bonchev–Trinajstić information content (AvgIpc) is 2.53. The van der Waals surface area contributed by atoms with Crippen LogP contribution in [0, 0.1) is 0 Å². The molecule has 2 aromatic rings. The van der Waals surface area contributed by atoms with Gasteiger partial charge in [-0.05, 0) is 24.6 Å². The molecular weight excluding hydrogens is 348 g/mol. The third-order valence-electron chi connectivity index (χ3n) is 3.15. The highest BCUT2D eigenvalue weighted by molar-refractivity contribution is 9.10. The molecule has 0 aliphatic rings. The van der Waals surface area contributed by atoms with Crippen molar-refractivity contribution in [3.05, 3.63) is 52.0 Å². The summed E-state index contributed by atoms with van der Waals surface area (Å²) in [5.41, 5.74) is 1.42. The van der Waals surface area contributed by atoms with Gasteiger partial charge in [-0.1, -0.05) is 28.1 Å². The Bertz CT molecular complexity index is 665. The molecule has 0 saturated carbocycles. The largest absolute Gasteiger partial charge is 0.496 e. The molecule has 0 N–H and O–H groups in total. The molecule has 0 atom stereocenters. The van der Waals surface area contributed by atoms with Gasteiger partial charge in [-0.15, -0.1) is 0 Å². The molecule has 4 nitrogen and oxygen atoms in total. The molecule has 0 aliphatic carbocycles. The van der Waals surface area contributed by atoms with E-state index in [1.807, 2.05) is 24.3 Å². The first-order chi connectivity index (χ1) is 10.5. The molecule has 2 aromatic carbocycles. The zero-order valence-corrected chi connectivity index (χ0v) is 14.3. The van der Waals surface area contributed by atoms with E-state index in [0.717, 1.165) is 10.0 Å². The van der Waals surface area contributed by atoms with Crippen LogP contribution in [-0.2, 0) is 6.61 Å². The first-order valence-electron chi connectivity index (χ1n) is 6.69. The SMILES string of the molecule is COc1cc(OC)c(C(C)=O)c(OCc2ccc(Br)cc2)c1. The zero-order valence-electron chi connectivity index (χ0n) is 12.7. The molecule has 0 heterocycles. The second kappa shape index (κ2) is 7.31. The molecule has 0 aromatic heterocycles. The average molecular weight is 365 g/mol. The number of hydrogen-bond donors (Lipinski definition) is 0. The van der Waals surface area contributed by atoms with Crippen molar-refractivity contribution in [2.24, 2.45) is 0 Å². The Morgan fingerprint density at radius 2 is 1.68 bits per heavy atom. The van der Waals surface area contributed by atoms with Crippen molar-refractivity contribution in [1.29, 1.82) is 0 Å². The maximum Gasteiger partial charge on any atom is 0.167 e. The van der Waals surface area contributed by atoms with Gasteiger partial charge in [0.15, 0.2) is 5.78 Å². The molecule has 22 heavy (non-hydrogen) atoms. The van der Waals surface area contributed by atoms with Gasteiger partial charge in [-0.2, -0.15) is 0 Å². The van der Waals surface area contributed by atoms with Crippen molar-refractivity contribution in [2.45, 2.75) is 13.5 Å². The maximum absolute atomic E-state index is 11.9. The van der Waals surface area contributed by atoms with Crippen LogP contribution in [0.4, 0.5) is 0 Å². The number of carbonyl (C=O) groups is 1. The number of rotatable bonds is 6. The fraction of sp³-hybridized carbons (Fsp3) is 0.235. The smallest absolute Gasteiger partial charge is 0.167 e. The van der Waals surface area contributed by atoms with Crippen LogP contribution in [0.3, 0.4) is 0 Å². The lowest BCUT2D eigenvalue weighted by molar-refractivity contribution is 0.101. The van der Waals surface area contributed by atoms with Crippen molar-refractivity contribution >= 4 is 21.7 Å². The number of hydrogen-bond acceptors (Lipinski definition) is 4. The highest BCUT2D eigenvalue weighted by atomic mass is 79.9. The van der Waals surface area contributed by atoms with Gasteiger partial charge in [0.25, 0.3) is 0 Å². The normalized spacial score (nSPS) is 10.2. The van der Waals surface area contributed by atoms with Gasteiger partial charge < -0.3 is 14.2 Å². The van der Waals surface area contributed by atoms with E-state index >= 15 is 0 Å². The number of benzene rings is 2. The summed E-state index contributed by atoms with van der Waals surface area (Å²) in [5.74, 6) is 1.35. The summed E-state index contributed by atoms with van der Waals surface area (Å²) in [5, 5.41) is 0. The highest BCUT2D eigenvalue weighted by Gasteiger charge is 2.17. The molecule has 0 aliphatic heterocycles. The second-order valence-corrected chi connectivity index (χ2v) is 5.59. The molecule has 116 valence electrons. The molecule has 0 radical (unpaired) electrons. The summed E-state index contributed by atoms with van der Waals surface area (Å²) in [6.07, 6.45) is 0. The zero-order chi connectivity index (χ0) is 16.1. The first-order valence-corrected chi connectivity index (χ1v) is 7.48. The minimum atomic E-state index is -0.120. The number of Topliss-reactive ketones (excluding diaryl/α,β-unsaturated/α-hetero) is 1. The van der Waals surface area contributed by atoms with Crippen LogP contribution in [0.25, 0.3) is 0 Å². The van der Waals surface area contributed by atoms with E-state index < -0.39 is 0 Å². The molecule has 0 spiro atoms. The summed E-state index contributed by atoms with van der Waals surface area (Å²) >= 11 is 3.39. The van der Waals surface area contributed by atoms with E-state index in [2.05, 4.69) is 15.9 Å². The number of ketones is 1. The predicted octanol–water partition coefficient (Wildman–Crippen LogP) is 4.25. The summed E-state index contributed by atoms with van der Waals surface area (Å²) in [4.78, 5) is 11.9. The van der Waals surface area contributed by atoms with E-state index in [1.54, 1.807) is 19.2 Å². The lowest BCUT2D eigenvalue weighted by Crippen LogP contribution is -2.05. The number of halogens is 1. The molecular formula is C17H17BrO4. The Hall–Kier alpha value is -2.01. The van der Waals surface area contributed by atoms with Crippen LogP contribution in [-0.4, -0.2) is 20.0 Å². The van der Waals surface area contributed by atoms with Gasteiger partial charge in [-0.3, -0.25) is 4.79 Å². The van der Waals surface area contributed by atoms with Crippen molar-refractivity contribution in [3.8, 4) is 17.2 Å². The van der Waals surface area contributed by atoms with E-state index in [-0.39, 0.29) is 5.78 Å². The molecule has 0 saturated heterocycles. The molecule has 0 fully saturated rings.